The minimum atomic E-state index is -0.875. The molecule has 3 aromatic rings. The van der Waals surface area contributed by atoms with Crippen LogP contribution in [0.2, 0.25) is 0 Å². The topological polar surface area (TPSA) is 27.1 Å². The van der Waals surface area contributed by atoms with Crippen molar-refractivity contribution in [3.8, 4) is 11.4 Å². The van der Waals surface area contributed by atoms with Gasteiger partial charge in [-0.3, -0.25) is 4.57 Å². The minimum Gasteiger partial charge on any atom is -0.491 e. The predicted octanol–water partition coefficient (Wildman–Crippen LogP) is 3.80. The second kappa shape index (κ2) is 4.80. The summed E-state index contributed by atoms with van der Waals surface area (Å²) in [5.74, 6) is -0.325. The van der Waals surface area contributed by atoms with E-state index in [1.807, 2.05) is 25.1 Å². The third-order valence-electron chi connectivity index (χ3n) is 4.03. The zero-order chi connectivity index (χ0) is 15.3. The quantitative estimate of drug-likeness (QED) is 0.720. The van der Waals surface area contributed by atoms with Crippen LogP contribution in [0.15, 0.2) is 30.3 Å². The van der Waals surface area contributed by atoms with Crippen LogP contribution in [-0.4, -0.2) is 16.2 Å². The van der Waals surface area contributed by atoms with Gasteiger partial charge in [0.25, 0.3) is 0 Å². The largest absolute Gasteiger partial charge is 0.491 e. The lowest BCUT2D eigenvalue weighted by molar-refractivity contribution is 0.355. The highest BCUT2D eigenvalue weighted by Gasteiger charge is 2.23. The average Bonchev–Trinajstić information content (AvgIpc) is 3.14. The van der Waals surface area contributed by atoms with E-state index in [-0.39, 0.29) is 5.52 Å². The van der Waals surface area contributed by atoms with E-state index < -0.39 is 11.6 Å². The van der Waals surface area contributed by atoms with Gasteiger partial charge in [0.05, 0.1) is 17.8 Å². The first kappa shape index (κ1) is 13.2. The monoisotopic (exact) mass is 300 g/mol. The number of aryl methyl sites for hydroxylation is 1. The Kier molecular flexibility index (Phi) is 2.89. The molecule has 0 N–H and O–H groups in total. The highest BCUT2D eigenvalue weighted by molar-refractivity contribution is 5.80. The van der Waals surface area contributed by atoms with Gasteiger partial charge in [-0.1, -0.05) is 19.1 Å². The Morgan fingerprint density at radius 2 is 2.09 bits per heavy atom. The molecular formula is C17H14F2N2O. The van der Waals surface area contributed by atoms with Crippen molar-refractivity contribution < 1.29 is 13.5 Å². The SMILES string of the molecule is CCc1nc2ccc(F)c(F)c2n1-c1cccc2c1OCC2. The van der Waals surface area contributed by atoms with Crippen LogP contribution in [0.3, 0.4) is 0 Å². The molecule has 1 aliphatic heterocycles. The van der Waals surface area contributed by atoms with E-state index in [1.54, 1.807) is 4.57 Å². The van der Waals surface area contributed by atoms with Gasteiger partial charge in [0, 0.05) is 12.8 Å². The fourth-order valence-electron chi connectivity index (χ4n) is 3.02. The highest BCUT2D eigenvalue weighted by atomic mass is 19.2. The second-order valence-corrected chi connectivity index (χ2v) is 5.31. The van der Waals surface area contributed by atoms with Gasteiger partial charge >= 0.3 is 0 Å². The first-order chi connectivity index (χ1) is 10.7. The molecule has 1 aliphatic rings. The van der Waals surface area contributed by atoms with Gasteiger partial charge in [-0.15, -0.1) is 0 Å². The summed E-state index contributed by atoms with van der Waals surface area (Å²) in [6.07, 6.45) is 1.44. The number of nitrogens with zero attached hydrogens (tertiary/aromatic N) is 2. The molecule has 112 valence electrons. The van der Waals surface area contributed by atoms with Crippen molar-refractivity contribution in [1.29, 1.82) is 0 Å². The number of para-hydroxylation sites is 1. The van der Waals surface area contributed by atoms with Crippen molar-refractivity contribution in [2.45, 2.75) is 19.8 Å². The summed E-state index contributed by atoms with van der Waals surface area (Å²) in [6, 6.07) is 8.38. The summed E-state index contributed by atoms with van der Waals surface area (Å²) in [6.45, 7) is 2.55. The lowest BCUT2D eigenvalue weighted by atomic mass is 10.1. The molecule has 5 heteroatoms. The summed E-state index contributed by atoms with van der Waals surface area (Å²) >= 11 is 0. The first-order valence-corrected chi connectivity index (χ1v) is 7.31. The van der Waals surface area contributed by atoms with Gasteiger partial charge in [-0.05, 0) is 23.8 Å². The van der Waals surface area contributed by atoms with Crippen LogP contribution in [0.25, 0.3) is 16.7 Å². The number of halogens is 2. The van der Waals surface area contributed by atoms with Gasteiger partial charge in [0.2, 0.25) is 0 Å². The van der Waals surface area contributed by atoms with E-state index in [1.165, 1.54) is 6.07 Å². The maximum absolute atomic E-state index is 14.4. The van der Waals surface area contributed by atoms with Gasteiger partial charge < -0.3 is 4.74 Å². The Bertz CT molecular complexity index is 886. The average molecular weight is 300 g/mol. The van der Waals surface area contributed by atoms with Crippen LogP contribution in [0, 0.1) is 11.6 Å². The maximum Gasteiger partial charge on any atom is 0.185 e. The lowest BCUT2D eigenvalue weighted by Crippen LogP contribution is -2.04. The van der Waals surface area contributed by atoms with E-state index in [9.17, 15) is 8.78 Å². The molecule has 0 atom stereocenters. The molecule has 0 radical (unpaired) electrons. The zero-order valence-electron chi connectivity index (χ0n) is 12.1. The Morgan fingerprint density at radius 1 is 1.23 bits per heavy atom. The van der Waals surface area contributed by atoms with Crippen molar-refractivity contribution in [2.24, 2.45) is 0 Å². The Labute approximate surface area is 126 Å². The fourth-order valence-corrected chi connectivity index (χ4v) is 3.02. The van der Waals surface area contributed by atoms with Crippen molar-refractivity contribution in [1.82, 2.24) is 9.55 Å². The van der Waals surface area contributed by atoms with Crippen molar-refractivity contribution >= 4 is 11.0 Å². The van der Waals surface area contributed by atoms with Crippen LogP contribution in [-0.2, 0) is 12.8 Å². The van der Waals surface area contributed by atoms with Crippen LogP contribution >= 0.6 is 0 Å². The summed E-state index contributed by atoms with van der Waals surface area (Å²) in [4.78, 5) is 4.44. The van der Waals surface area contributed by atoms with E-state index in [2.05, 4.69) is 4.98 Å². The Morgan fingerprint density at radius 3 is 2.91 bits per heavy atom. The van der Waals surface area contributed by atoms with E-state index in [0.717, 1.165) is 29.5 Å². The smallest absolute Gasteiger partial charge is 0.185 e. The van der Waals surface area contributed by atoms with Crippen molar-refractivity contribution in [3.63, 3.8) is 0 Å². The number of hydrogen-bond donors (Lipinski definition) is 0. The maximum atomic E-state index is 14.4. The highest BCUT2D eigenvalue weighted by Crippen LogP contribution is 2.36. The molecule has 2 aromatic carbocycles. The second-order valence-electron chi connectivity index (χ2n) is 5.31. The van der Waals surface area contributed by atoms with E-state index in [0.29, 0.717) is 24.4 Å². The molecule has 0 unspecified atom stereocenters. The zero-order valence-corrected chi connectivity index (χ0v) is 12.1. The van der Waals surface area contributed by atoms with Gasteiger partial charge in [-0.2, -0.15) is 0 Å². The molecule has 0 fully saturated rings. The number of aromatic nitrogens is 2. The summed E-state index contributed by atoms with van der Waals surface area (Å²) in [7, 11) is 0. The lowest BCUT2D eigenvalue weighted by Gasteiger charge is -2.13. The molecule has 0 spiro atoms. The van der Waals surface area contributed by atoms with Crippen LogP contribution in [0.1, 0.15) is 18.3 Å². The van der Waals surface area contributed by atoms with E-state index >= 15 is 0 Å². The third-order valence-corrected chi connectivity index (χ3v) is 4.03. The Balaban J connectivity index is 2.10. The molecular weight excluding hydrogens is 286 g/mol. The first-order valence-electron chi connectivity index (χ1n) is 7.31. The number of hydrogen-bond acceptors (Lipinski definition) is 2. The number of imidazole rings is 1. The summed E-state index contributed by atoms with van der Waals surface area (Å²) in [5, 5.41) is 0. The molecule has 0 bridgehead atoms. The molecule has 1 aromatic heterocycles. The summed E-state index contributed by atoms with van der Waals surface area (Å²) in [5.41, 5.74) is 2.42. The van der Waals surface area contributed by atoms with Crippen LogP contribution in [0.4, 0.5) is 8.78 Å². The van der Waals surface area contributed by atoms with Gasteiger partial charge in [0.1, 0.15) is 17.1 Å². The molecule has 0 saturated heterocycles. The normalized spacial score (nSPS) is 13.4. The summed E-state index contributed by atoms with van der Waals surface area (Å²) < 4.78 is 35.4. The molecule has 0 saturated carbocycles. The molecule has 22 heavy (non-hydrogen) atoms. The predicted molar refractivity (Wildman–Crippen MR) is 79.6 cm³/mol. The molecule has 4 rings (SSSR count). The van der Waals surface area contributed by atoms with Crippen molar-refractivity contribution in [3.05, 3.63) is 53.4 Å². The number of fused-ring (bicyclic) bond motifs is 2. The third kappa shape index (κ3) is 1.75. The van der Waals surface area contributed by atoms with E-state index in [4.69, 9.17) is 4.74 Å². The Hall–Kier alpha value is -2.43. The van der Waals surface area contributed by atoms with Crippen LogP contribution < -0.4 is 4.74 Å². The molecule has 3 nitrogen and oxygen atoms in total. The standard InChI is InChI=1S/C17H14F2N2O/c1-2-14-20-12-7-6-11(18)15(19)16(12)21(14)13-5-3-4-10-8-9-22-17(10)13/h3-7H,2,8-9H2,1H3. The van der Waals surface area contributed by atoms with Crippen molar-refractivity contribution in [2.75, 3.05) is 6.61 Å². The van der Waals surface area contributed by atoms with Gasteiger partial charge in [-0.25, -0.2) is 13.8 Å². The molecule has 0 amide bonds. The number of ether oxygens (including phenoxy) is 1. The van der Waals surface area contributed by atoms with Crippen LogP contribution in [0.5, 0.6) is 5.75 Å². The molecule has 0 aliphatic carbocycles. The molecule has 2 heterocycles. The number of rotatable bonds is 2. The fraction of sp³-hybridized carbons (Fsp3) is 0.235. The van der Waals surface area contributed by atoms with Gasteiger partial charge in [0.15, 0.2) is 11.6 Å². The number of benzene rings is 2. The minimum absolute atomic E-state index is 0.167.